The summed E-state index contributed by atoms with van der Waals surface area (Å²) in [6, 6.07) is 3.14. The van der Waals surface area contributed by atoms with E-state index in [2.05, 4.69) is 5.16 Å². The predicted molar refractivity (Wildman–Crippen MR) is 93.0 cm³/mol. The first-order valence-electron chi connectivity index (χ1n) is 6.45. The molecule has 23 heavy (non-hydrogen) atoms. The van der Waals surface area contributed by atoms with Crippen molar-refractivity contribution in [3.05, 3.63) is 32.7 Å². The minimum atomic E-state index is 0.114. The van der Waals surface area contributed by atoms with E-state index in [0.29, 0.717) is 27.3 Å². The molecule has 0 aliphatic rings. The molecule has 1 aromatic rings. The Labute approximate surface area is 154 Å². The molecule has 0 heterocycles. The molecule has 0 atom stereocenters. The average molecular weight is 403 g/mol. The molecule has 1 N–H and O–H groups in total. The van der Waals surface area contributed by atoms with E-state index in [1.165, 1.54) is 6.08 Å². The van der Waals surface area contributed by atoms with Crippen molar-refractivity contribution in [3.8, 4) is 11.5 Å². The Morgan fingerprint density at radius 2 is 1.83 bits per heavy atom. The molecular weight excluding hydrogens is 388 g/mol. The van der Waals surface area contributed by atoms with Gasteiger partial charge in [0.1, 0.15) is 23.5 Å². The van der Waals surface area contributed by atoms with Crippen molar-refractivity contribution in [2.75, 3.05) is 26.4 Å². The maximum atomic E-state index is 8.47. The highest BCUT2D eigenvalue weighted by atomic mass is 35.5. The first kappa shape index (κ1) is 20.2. The number of ether oxygens (including phenoxy) is 3. The van der Waals surface area contributed by atoms with Gasteiger partial charge in [0.25, 0.3) is 0 Å². The molecule has 0 fully saturated rings. The van der Waals surface area contributed by atoms with Gasteiger partial charge in [0.15, 0.2) is 5.75 Å². The van der Waals surface area contributed by atoms with Crippen LogP contribution in [-0.2, 0) is 4.74 Å². The van der Waals surface area contributed by atoms with E-state index in [9.17, 15) is 0 Å². The molecule has 0 saturated heterocycles. The quantitative estimate of drug-likeness (QED) is 0.275. The lowest BCUT2D eigenvalue weighted by atomic mass is 10.3. The third kappa shape index (κ3) is 7.99. The molecule has 9 heteroatoms. The van der Waals surface area contributed by atoms with Crippen LogP contribution in [0.2, 0.25) is 10.0 Å². The fourth-order valence-electron chi connectivity index (χ4n) is 1.41. The van der Waals surface area contributed by atoms with Gasteiger partial charge >= 0.3 is 0 Å². The molecule has 0 aliphatic heterocycles. The Bertz CT molecular complexity index is 551. The van der Waals surface area contributed by atoms with Crippen LogP contribution >= 0.6 is 46.4 Å². The maximum Gasteiger partial charge on any atom is 0.156 e. The number of hydrogen-bond acceptors (Lipinski definition) is 5. The van der Waals surface area contributed by atoms with Crippen LogP contribution in [0.25, 0.3) is 0 Å². The molecule has 128 valence electrons. The summed E-state index contributed by atoms with van der Waals surface area (Å²) in [7, 11) is 0. The lowest BCUT2D eigenvalue weighted by molar-refractivity contribution is 0.126. The summed E-state index contributed by atoms with van der Waals surface area (Å²) in [4.78, 5) is 0. The first-order chi connectivity index (χ1) is 10.9. The van der Waals surface area contributed by atoms with Crippen LogP contribution in [-0.4, -0.2) is 37.3 Å². The van der Waals surface area contributed by atoms with Crippen molar-refractivity contribution in [2.45, 2.75) is 6.92 Å². The lowest BCUT2D eigenvalue weighted by Crippen LogP contribution is -2.11. The Balaban J connectivity index is 2.52. The zero-order chi connectivity index (χ0) is 17.2. The second-order valence-corrected chi connectivity index (χ2v) is 6.08. The molecule has 0 aliphatic carbocycles. The zero-order valence-electron chi connectivity index (χ0n) is 12.2. The molecule has 1 rings (SSSR count). The van der Waals surface area contributed by atoms with Gasteiger partial charge in [0.05, 0.1) is 29.0 Å². The topological polar surface area (TPSA) is 60.3 Å². The molecule has 1 aromatic carbocycles. The van der Waals surface area contributed by atoms with Gasteiger partial charge in [-0.1, -0.05) is 51.6 Å². The van der Waals surface area contributed by atoms with Gasteiger partial charge in [-0.3, -0.25) is 0 Å². The Morgan fingerprint density at radius 3 is 2.39 bits per heavy atom. The molecule has 0 amide bonds. The third-order valence-corrected chi connectivity index (χ3v) is 3.29. The van der Waals surface area contributed by atoms with Crippen molar-refractivity contribution >= 4 is 52.1 Å². The number of nitrogens with zero attached hydrogens (tertiary/aromatic N) is 1. The van der Waals surface area contributed by atoms with E-state index in [4.69, 9.17) is 65.8 Å². The summed E-state index contributed by atoms with van der Waals surface area (Å²) in [5.41, 5.74) is 0.466. The van der Waals surface area contributed by atoms with Crippen LogP contribution < -0.4 is 9.47 Å². The average Bonchev–Trinajstić information content (AvgIpc) is 2.48. The molecular formula is C14H15Cl4NO4. The highest BCUT2D eigenvalue weighted by Crippen LogP contribution is 2.36. The molecule has 0 bridgehead atoms. The van der Waals surface area contributed by atoms with Crippen molar-refractivity contribution in [2.24, 2.45) is 5.16 Å². The van der Waals surface area contributed by atoms with E-state index < -0.39 is 0 Å². The van der Waals surface area contributed by atoms with Crippen LogP contribution in [0.15, 0.2) is 27.9 Å². The van der Waals surface area contributed by atoms with Gasteiger partial charge in [0, 0.05) is 12.1 Å². The highest BCUT2D eigenvalue weighted by molar-refractivity contribution is 6.55. The number of hydrogen-bond donors (Lipinski definition) is 1. The van der Waals surface area contributed by atoms with Crippen LogP contribution in [0.3, 0.4) is 0 Å². The molecule has 0 unspecified atom stereocenters. The minimum Gasteiger partial charge on any atom is -0.489 e. The third-order valence-electron chi connectivity index (χ3n) is 2.42. The van der Waals surface area contributed by atoms with Gasteiger partial charge < -0.3 is 19.4 Å². The number of oxime groups is 1. The van der Waals surface area contributed by atoms with Crippen LogP contribution in [0.5, 0.6) is 11.5 Å². The van der Waals surface area contributed by atoms with Gasteiger partial charge in [-0.25, -0.2) is 0 Å². The number of halogens is 4. The van der Waals surface area contributed by atoms with E-state index >= 15 is 0 Å². The summed E-state index contributed by atoms with van der Waals surface area (Å²) < 4.78 is 16.2. The van der Waals surface area contributed by atoms with Gasteiger partial charge in [0.2, 0.25) is 0 Å². The zero-order valence-corrected chi connectivity index (χ0v) is 15.2. The van der Waals surface area contributed by atoms with Crippen LogP contribution in [0, 0.1) is 0 Å². The fourth-order valence-corrected chi connectivity index (χ4v) is 2.11. The molecule has 0 aromatic heterocycles. The summed E-state index contributed by atoms with van der Waals surface area (Å²) in [6.07, 6.45) is 1.49. The molecule has 0 spiro atoms. The van der Waals surface area contributed by atoms with Crippen molar-refractivity contribution in [1.29, 1.82) is 0 Å². The summed E-state index contributed by atoms with van der Waals surface area (Å²) in [6.45, 7) is 2.57. The minimum absolute atomic E-state index is 0.114. The smallest absolute Gasteiger partial charge is 0.156 e. The van der Waals surface area contributed by atoms with Crippen LogP contribution in [0.4, 0.5) is 0 Å². The normalized spacial score (nSPS) is 11.3. The van der Waals surface area contributed by atoms with Gasteiger partial charge in [-0.15, -0.1) is 0 Å². The second kappa shape index (κ2) is 10.8. The highest BCUT2D eigenvalue weighted by Gasteiger charge is 2.10. The van der Waals surface area contributed by atoms with Crippen molar-refractivity contribution in [1.82, 2.24) is 0 Å². The standard InChI is InChI=1S/C14H15Cl4NO4/c1-9(19-20)8-21-4-5-23-14-11(15)6-10(7-12(14)16)22-3-2-13(17)18/h2,6-7,20H,3-5,8H2,1H3. The van der Waals surface area contributed by atoms with Gasteiger partial charge in [-0.2, -0.15) is 0 Å². The molecule has 0 saturated carbocycles. The van der Waals surface area contributed by atoms with E-state index in [1.54, 1.807) is 19.1 Å². The fraction of sp³-hybridized carbons (Fsp3) is 0.357. The maximum absolute atomic E-state index is 8.47. The Hall–Kier alpha value is -0.850. The summed E-state index contributed by atoms with van der Waals surface area (Å²) in [5, 5.41) is 12.1. The Kier molecular flexibility index (Phi) is 9.52. The molecule has 5 nitrogen and oxygen atoms in total. The lowest BCUT2D eigenvalue weighted by Gasteiger charge is -2.12. The monoisotopic (exact) mass is 401 g/mol. The van der Waals surface area contributed by atoms with E-state index in [1.807, 2.05) is 0 Å². The largest absolute Gasteiger partial charge is 0.489 e. The van der Waals surface area contributed by atoms with Crippen LogP contribution in [0.1, 0.15) is 6.92 Å². The summed E-state index contributed by atoms with van der Waals surface area (Å²) in [5.74, 6) is 0.798. The second-order valence-electron chi connectivity index (χ2n) is 4.26. The van der Waals surface area contributed by atoms with Crippen molar-refractivity contribution in [3.63, 3.8) is 0 Å². The SMILES string of the molecule is CC(COCCOc1c(Cl)cc(OCC=C(Cl)Cl)cc1Cl)=NO. The van der Waals surface area contributed by atoms with E-state index in [-0.39, 0.29) is 30.9 Å². The first-order valence-corrected chi connectivity index (χ1v) is 7.96. The van der Waals surface area contributed by atoms with Gasteiger partial charge in [-0.05, 0) is 13.0 Å². The number of rotatable bonds is 9. The van der Waals surface area contributed by atoms with E-state index in [0.717, 1.165) is 0 Å². The molecule has 0 radical (unpaired) electrons. The predicted octanol–water partition coefficient (Wildman–Crippen LogP) is 4.94. The van der Waals surface area contributed by atoms with Crippen molar-refractivity contribution < 1.29 is 19.4 Å². The summed E-state index contributed by atoms with van der Waals surface area (Å²) >= 11 is 23.2. The Morgan fingerprint density at radius 1 is 1.17 bits per heavy atom. The number of benzene rings is 1.